The molecule has 2 aromatic carbocycles. The van der Waals surface area contributed by atoms with Crippen LogP contribution in [0.3, 0.4) is 0 Å². The third-order valence-electron chi connectivity index (χ3n) is 4.54. The maximum Gasteiger partial charge on any atom is 0.269 e. The van der Waals surface area contributed by atoms with Crippen molar-refractivity contribution in [3.63, 3.8) is 0 Å². The molecule has 0 radical (unpaired) electrons. The first kappa shape index (κ1) is 21.5. The number of sulfonamides is 1. The van der Waals surface area contributed by atoms with Gasteiger partial charge < -0.3 is 5.11 Å². The van der Waals surface area contributed by atoms with Crippen LogP contribution in [0.5, 0.6) is 0 Å². The highest BCUT2D eigenvalue weighted by Gasteiger charge is 2.28. The summed E-state index contributed by atoms with van der Waals surface area (Å²) in [6, 6.07) is 14.9. The van der Waals surface area contributed by atoms with Crippen molar-refractivity contribution in [2.45, 2.75) is 31.4 Å². The van der Waals surface area contributed by atoms with Crippen LogP contribution in [0.2, 0.25) is 0 Å². The average Bonchev–Trinajstić information content (AvgIpc) is 3.03. The molecule has 0 saturated carbocycles. The van der Waals surface area contributed by atoms with Crippen LogP contribution in [0.1, 0.15) is 11.4 Å². The lowest BCUT2D eigenvalue weighted by Gasteiger charge is -2.27. The number of hydrogen-bond donors (Lipinski definition) is 1. The highest BCUT2D eigenvalue weighted by atomic mass is 32.2. The minimum absolute atomic E-state index is 0.0571. The predicted molar refractivity (Wildman–Crippen MR) is 112 cm³/mol. The maximum atomic E-state index is 13.3. The molecule has 1 atom stereocenters. The van der Waals surface area contributed by atoms with E-state index in [1.807, 2.05) is 19.9 Å². The summed E-state index contributed by atoms with van der Waals surface area (Å²) in [6.45, 7) is 3.54. The molecule has 30 heavy (non-hydrogen) atoms. The number of aromatic nitrogens is 2. The Labute approximate surface area is 174 Å². The van der Waals surface area contributed by atoms with Gasteiger partial charge in [0.2, 0.25) is 0 Å². The number of aliphatic hydroxyl groups is 1. The molecule has 0 aliphatic carbocycles. The Hall–Kier alpha value is -3.24. The highest BCUT2D eigenvalue weighted by molar-refractivity contribution is 7.92. The Morgan fingerprint density at radius 3 is 2.30 bits per heavy atom. The van der Waals surface area contributed by atoms with Crippen LogP contribution in [0.15, 0.2) is 65.6 Å². The summed E-state index contributed by atoms with van der Waals surface area (Å²) in [5, 5.41) is 25.9. The van der Waals surface area contributed by atoms with E-state index in [2.05, 4.69) is 5.10 Å². The second kappa shape index (κ2) is 8.64. The van der Waals surface area contributed by atoms with Crippen molar-refractivity contribution in [3.8, 4) is 0 Å². The van der Waals surface area contributed by atoms with Crippen LogP contribution in [0.25, 0.3) is 0 Å². The molecule has 1 N–H and O–H groups in total. The topological polar surface area (TPSA) is 119 Å². The van der Waals surface area contributed by atoms with Gasteiger partial charge in [0.1, 0.15) is 0 Å². The Balaban J connectivity index is 1.94. The molecule has 0 bridgehead atoms. The van der Waals surface area contributed by atoms with Gasteiger partial charge in [0.15, 0.2) is 0 Å². The van der Waals surface area contributed by atoms with Gasteiger partial charge in [-0.25, -0.2) is 8.42 Å². The number of nitro groups is 1. The number of anilines is 1. The standard InChI is InChI=1S/C20H22N4O5S/c1-15-12-16(2)22(21-15)13-19(25)14-23(17-8-10-18(11-9-17)24(26)27)30(28,29)20-6-4-3-5-7-20/h3-12,19,25H,13-14H2,1-2H3/t19-/m1/s1. The van der Waals surface area contributed by atoms with Gasteiger partial charge in [-0.15, -0.1) is 0 Å². The fourth-order valence-electron chi connectivity index (χ4n) is 3.11. The van der Waals surface area contributed by atoms with Crippen LogP contribution in [-0.2, 0) is 16.6 Å². The lowest BCUT2D eigenvalue weighted by molar-refractivity contribution is -0.384. The minimum Gasteiger partial charge on any atom is -0.389 e. The van der Waals surface area contributed by atoms with Gasteiger partial charge >= 0.3 is 0 Å². The molecule has 3 aromatic rings. The number of aryl methyl sites for hydroxylation is 2. The lowest BCUT2D eigenvalue weighted by Crippen LogP contribution is -2.39. The summed E-state index contributed by atoms with van der Waals surface area (Å²) in [4.78, 5) is 10.4. The number of benzene rings is 2. The SMILES string of the molecule is Cc1cc(C)n(C[C@@H](O)CN(c2ccc([N+](=O)[O-])cc2)S(=O)(=O)c2ccccc2)n1. The van der Waals surface area contributed by atoms with E-state index in [4.69, 9.17) is 0 Å². The first-order chi connectivity index (χ1) is 14.2. The molecular formula is C20H22N4O5S. The van der Waals surface area contributed by atoms with Gasteiger partial charge in [-0.1, -0.05) is 18.2 Å². The molecule has 0 amide bonds. The van der Waals surface area contributed by atoms with Gasteiger partial charge in [-0.3, -0.25) is 19.1 Å². The summed E-state index contributed by atoms with van der Waals surface area (Å²) >= 11 is 0. The van der Waals surface area contributed by atoms with Crippen molar-refractivity contribution in [1.82, 2.24) is 9.78 Å². The van der Waals surface area contributed by atoms with Crippen molar-refractivity contribution in [2.75, 3.05) is 10.8 Å². The zero-order valence-corrected chi connectivity index (χ0v) is 17.4. The Morgan fingerprint density at radius 2 is 1.77 bits per heavy atom. The molecule has 1 aromatic heterocycles. The zero-order chi connectivity index (χ0) is 21.9. The fraction of sp³-hybridized carbons (Fsp3) is 0.250. The summed E-state index contributed by atoms with van der Waals surface area (Å²) in [5.41, 5.74) is 1.71. The lowest BCUT2D eigenvalue weighted by atomic mass is 10.2. The normalized spacial score (nSPS) is 12.5. The van der Waals surface area contributed by atoms with E-state index >= 15 is 0 Å². The molecule has 158 valence electrons. The monoisotopic (exact) mass is 430 g/mol. The van der Waals surface area contributed by atoms with Crippen molar-refractivity contribution in [3.05, 3.63) is 82.2 Å². The van der Waals surface area contributed by atoms with Gasteiger partial charge in [-0.2, -0.15) is 5.10 Å². The van der Waals surface area contributed by atoms with Crippen LogP contribution in [0.4, 0.5) is 11.4 Å². The highest BCUT2D eigenvalue weighted by Crippen LogP contribution is 2.26. The predicted octanol–water partition coefficient (Wildman–Crippen LogP) is 2.66. The number of rotatable bonds is 8. The van der Waals surface area contributed by atoms with E-state index in [0.29, 0.717) is 0 Å². The second-order valence-corrected chi connectivity index (χ2v) is 8.75. The van der Waals surface area contributed by atoms with E-state index in [0.717, 1.165) is 15.7 Å². The molecule has 1 heterocycles. The molecule has 0 aliphatic rings. The van der Waals surface area contributed by atoms with E-state index in [1.54, 1.807) is 22.9 Å². The second-order valence-electron chi connectivity index (χ2n) is 6.89. The van der Waals surface area contributed by atoms with Gasteiger partial charge in [0.25, 0.3) is 15.7 Å². The first-order valence-electron chi connectivity index (χ1n) is 9.20. The van der Waals surface area contributed by atoms with E-state index in [-0.39, 0.29) is 29.4 Å². The Kier molecular flexibility index (Phi) is 6.18. The number of nitrogens with zero attached hydrogens (tertiary/aromatic N) is 4. The third kappa shape index (κ3) is 4.66. The fourth-order valence-corrected chi connectivity index (χ4v) is 4.63. The minimum atomic E-state index is -4.01. The molecule has 10 heteroatoms. The number of nitro benzene ring substituents is 1. The Bertz CT molecular complexity index is 1130. The summed E-state index contributed by atoms with van der Waals surface area (Å²) in [7, 11) is -4.01. The number of hydrogen-bond acceptors (Lipinski definition) is 6. The van der Waals surface area contributed by atoms with Crippen molar-refractivity contribution >= 4 is 21.4 Å². The van der Waals surface area contributed by atoms with Crippen LogP contribution >= 0.6 is 0 Å². The third-order valence-corrected chi connectivity index (χ3v) is 6.35. The molecule has 0 saturated heterocycles. The number of non-ortho nitro benzene ring substituents is 1. The van der Waals surface area contributed by atoms with Gasteiger partial charge in [-0.05, 0) is 44.2 Å². The largest absolute Gasteiger partial charge is 0.389 e. The van der Waals surface area contributed by atoms with Crippen LogP contribution in [0, 0.1) is 24.0 Å². The summed E-state index contributed by atoms with van der Waals surface area (Å²) in [5.74, 6) is 0. The van der Waals surface area contributed by atoms with Crippen LogP contribution in [-0.4, -0.2) is 40.9 Å². The van der Waals surface area contributed by atoms with E-state index in [9.17, 15) is 23.6 Å². The molecule has 0 fully saturated rings. The first-order valence-corrected chi connectivity index (χ1v) is 10.6. The Morgan fingerprint density at radius 1 is 1.13 bits per heavy atom. The maximum absolute atomic E-state index is 13.3. The van der Waals surface area contributed by atoms with E-state index in [1.165, 1.54) is 36.4 Å². The van der Waals surface area contributed by atoms with Crippen molar-refractivity contribution in [2.24, 2.45) is 0 Å². The van der Waals surface area contributed by atoms with Gasteiger partial charge in [0.05, 0.1) is 40.4 Å². The zero-order valence-electron chi connectivity index (χ0n) is 16.5. The average molecular weight is 430 g/mol. The van der Waals surface area contributed by atoms with Crippen molar-refractivity contribution in [1.29, 1.82) is 0 Å². The van der Waals surface area contributed by atoms with Crippen molar-refractivity contribution < 1.29 is 18.4 Å². The van der Waals surface area contributed by atoms with E-state index < -0.39 is 21.1 Å². The molecular weight excluding hydrogens is 408 g/mol. The molecule has 0 spiro atoms. The smallest absolute Gasteiger partial charge is 0.269 e. The summed E-state index contributed by atoms with van der Waals surface area (Å²) < 4.78 is 29.2. The molecule has 0 aliphatic heterocycles. The summed E-state index contributed by atoms with van der Waals surface area (Å²) in [6.07, 6.45) is -1.06. The van der Waals surface area contributed by atoms with Gasteiger partial charge in [0, 0.05) is 17.8 Å². The quantitative estimate of drug-likeness (QED) is 0.433. The van der Waals surface area contributed by atoms with Crippen LogP contribution < -0.4 is 4.31 Å². The molecule has 3 rings (SSSR count). The number of aliphatic hydroxyl groups excluding tert-OH is 1. The molecule has 9 nitrogen and oxygen atoms in total. The molecule has 0 unspecified atom stereocenters.